The predicted octanol–water partition coefficient (Wildman–Crippen LogP) is 3.61. The Labute approximate surface area is 112 Å². The van der Waals surface area contributed by atoms with Crippen molar-refractivity contribution in [3.63, 3.8) is 0 Å². The maximum absolute atomic E-state index is 5.34. The molecule has 2 rings (SSSR count). The number of rotatable bonds is 2. The van der Waals surface area contributed by atoms with Crippen LogP contribution in [0.1, 0.15) is 33.7 Å². The third-order valence-electron chi connectivity index (χ3n) is 3.26. The van der Waals surface area contributed by atoms with Crippen LogP contribution in [0.5, 0.6) is 0 Å². The molecule has 1 unspecified atom stereocenters. The monoisotopic (exact) mass is 262 g/mol. The van der Waals surface area contributed by atoms with Gasteiger partial charge in [0, 0.05) is 24.0 Å². The van der Waals surface area contributed by atoms with Gasteiger partial charge in [-0.05, 0) is 36.7 Å². The van der Waals surface area contributed by atoms with Crippen molar-refractivity contribution in [2.75, 3.05) is 0 Å². The Bertz CT molecular complexity index is 577. The lowest BCUT2D eigenvalue weighted by Gasteiger charge is -2.29. The molecular weight excluding hydrogens is 244 g/mol. The Balaban J connectivity index is 2.56. The smallest absolute Gasteiger partial charge is 0.195 e. The zero-order chi connectivity index (χ0) is 13.3. The molecular formula is C13H18N4S. The fourth-order valence-electron chi connectivity index (χ4n) is 1.75. The van der Waals surface area contributed by atoms with E-state index < -0.39 is 0 Å². The first kappa shape index (κ1) is 13.0. The summed E-state index contributed by atoms with van der Waals surface area (Å²) in [5.74, 6) is 0.843. The molecule has 2 heterocycles. The minimum absolute atomic E-state index is 0.110. The van der Waals surface area contributed by atoms with Gasteiger partial charge in [-0.3, -0.25) is 14.6 Å². The van der Waals surface area contributed by atoms with Crippen LogP contribution in [-0.4, -0.2) is 19.7 Å². The van der Waals surface area contributed by atoms with Crippen molar-refractivity contribution in [3.05, 3.63) is 29.3 Å². The van der Waals surface area contributed by atoms with E-state index in [1.54, 1.807) is 12.4 Å². The van der Waals surface area contributed by atoms with Gasteiger partial charge in [-0.1, -0.05) is 20.8 Å². The number of nitrogens with one attached hydrogen (secondary N) is 1. The first-order chi connectivity index (χ1) is 8.41. The Hall–Kier alpha value is -1.49. The van der Waals surface area contributed by atoms with Gasteiger partial charge in [0.1, 0.15) is 0 Å². The molecule has 5 heteroatoms. The molecule has 0 aliphatic carbocycles. The van der Waals surface area contributed by atoms with E-state index >= 15 is 0 Å². The van der Waals surface area contributed by atoms with Crippen LogP contribution in [0.3, 0.4) is 0 Å². The van der Waals surface area contributed by atoms with Gasteiger partial charge in [0.05, 0.1) is 0 Å². The Kier molecular flexibility index (Phi) is 3.34. The number of aromatic nitrogens is 4. The number of nitrogens with zero attached hydrogens (tertiary/aromatic N) is 3. The second-order valence-electron chi connectivity index (χ2n) is 5.51. The minimum atomic E-state index is 0.110. The molecule has 0 radical (unpaired) electrons. The summed E-state index contributed by atoms with van der Waals surface area (Å²) in [4.78, 5) is 4.13. The third kappa shape index (κ3) is 2.36. The highest BCUT2D eigenvalue weighted by Crippen LogP contribution is 2.33. The van der Waals surface area contributed by atoms with Gasteiger partial charge in [0.25, 0.3) is 0 Å². The standard InChI is InChI=1S/C13H18N4S/c1-9(13(2,3)4)17-11(15-16-12(17)18)10-6-5-7-14-8-10/h5-9H,1-4H3,(H,16,18). The highest BCUT2D eigenvalue weighted by atomic mass is 32.1. The van der Waals surface area contributed by atoms with Crippen LogP contribution in [0.25, 0.3) is 11.4 Å². The van der Waals surface area contributed by atoms with E-state index in [-0.39, 0.29) is 11.5 Å². The van der Waals surface area contributed by atoms with Crippen molar-refractivity contribution in [1.29, 1.82) is 0 Å². The maximum Gasteiger partial charge on any atom is 0.195 e. The Morgan fingerprint density at radius 1 is 1.39 bits per heavy atom. The zero-order valence-electron chi connectivity index (χ0n) is 11.1. The molecule has 1 N–H and O–H groups in total. The molecule has 0 saturated carbocycles. The summed E-state index contributed by atoms with van der Waals surface area (Å²) in [7, 11) is 0. The van der Waals surface area contributed by atoms with Crippen LogP contribution in [0.2, 0.25) is 0 Å². The largest absolute Gasteiger partial charge is 0.297 e. The molecule has 0 fully saturated rings. The fraction of sp³-hybridized carbons (Fsp3) is 0.462. The molecule has 4 nitrogen and oxygen atoms in total. The van der Waals surface area contributed by atoms with Crippen LogP contribution in [0, 0.1) is 10.2 Å². The van der Waals surface area contributed by atoms with Crippen molar-refractivity contribution >= 4 is 12.2 Å². The summed E-state index contributed by atoms with van der Waals surface area (Å²) >= 11 is 5.34. The number of hydrogen-bond acceptors (Lipinski definition) is 3. The molecule has 0 bridgehead atoms. The SMILES string of the molecule is CC(n1c(-c2cccnc2)n[nH]c1=S)C(C)(C)C. The number of aromatic amines is 1. The first-order valence-electron chi connectivity index (χ1n) is 5.98. The summed E-state index contributed by atoms with van der Waals surface area (Å²) < 4.78 is 2.71. The van der Waals surface area contributed by atoms with Crippen LogP contribution >= 0.6 is 12.2 Å². The van der Waals surface area contributed by atoms with E-state index in [4.69, 9.17) is 12.2 Å². The van der Waals surface area contributed by atoms with Crippen molar-refractivity contribution in [3.8, 4) is 11.4 Å². The third-order valence-corrected chi connectivity index (χ3v) is 3.55. The second-order valence-corrected chi connectivity index (χ2v) is 5.89. The first-order valence-corrected chi connectivity index (χ1v) is 6.39. The minimum Gasteiger partial charge on any atom is -0.297 e. The molecule has 0 spiro atoms. The summed E-state index contributed by atoms with van der Waals surface area (Å²) in [5.41, 5.74) is 1.08. The number of hydrogen-bond donors (Lipinski definition) is 1. The van der Waals surface area contributed by atoms with E-state index in [1.807, 2.05) is 12.1 Å². The average Bonchev–Trinajstić information content (AvgIpc) is 2.70. The zero-order valence-corrected chi connectivity index (χ0v) is 12.0. The Morgan fingerprint density at radius 2 is 2.11 bits per heavy atom. The van der Waals surface area contributed by atoms with E-state index in [2.05, 4.69) is 47.4 Å². The van der Waals surface area contributed by atoms with Gasteiger partial charge < -0.3 is 0 Å². The highest BCUT2D eigenvalue weighted by molar-refractivity contribution is 7.71. The molecule has 0 aliphatic heterocycles. The molecule has 1 atom stereocenters. The van der Waals surface area contributed by atoms with Gasteiger partial charge in [0.15, 0.2) is 10.6 Å². The molecule has 96 valence electrons. The van der Waals surface area contributed by atoms with Gasteiger partial charge in [0.2, 0.25) is 0 Å². The lowest BCUT2D eigenvalue weighted by atomic mass is 9.88. The molecule has 2 aromatic heterocycles. The lowest BCUT2D eigenvalue weighted by Crippen LogP contribution is -2.22. The van der Waals surface area contributed by atoms with E-state index in [0.29, 0.717) is 4.77 Å². The molecule has 0 amide bonds. The van der Waals surface area contributed by atoms with Gasteiger partial charge in [-0.25, -0.2) is 0 Å². The molecule has 0 saturated heterocycles. The normalized spacial score (nSPS) is 13.6. The number of H-pyrrole nitrogens is 1. The summed E-state index contributed by atoms with van der Waals surface area (Å²) in [6.45, 7) is 8.74. The van der Waals surface area contributed by atoms with Crippen molar-refractivity contribution in [2.45, 2.75) is 33.7 Å². The van der Waals surface area contributed by atoms with E-state index in [1.165, 1.54) is 0 Å². The van der Waals surface area contributed by atoms with Gasteiger partial charge in [-0.2, -0.15) is 5.10 Å². The fourth-order valence-corrected chi connectivity index (χ4v) is 2.04. The molecule has 0 aromatic carbocycles. The van der Waals surface area contributed by atoms with E-state index in [9.17, 15) is 0 Å². The second kappa shape index (κ2) is 4.65. The quantitative estimate of drug-likeness (QED) is 0.841. The van der Waals surface area contributed by atoms with Crippen LogP contribution < -0.4 is 0 Å². The van der Waals surface area contributed by atoms with Gasteiger partial charge >= 0.3 is 0 Å². The topological polar surface area (TPSA) is 46.5 Å². The molecule has 0 aliphatic rings. The van der Waals surface area contributed by atoms with Gasteiger partial charge in [-0.15, -0.1) is 0 Å². The highest BCUT2D eigenvalue weighted by Gasteiger charge is 2.25. The number of pyridine rings is 1. The lowest BCUT2D eigenvalue weighted by molar-refractivity contribution is 0.262. The van der Waals surface area contributed by atoms with Crippen LogP contribution in [-0.2, 0) is 0 Å². The maximum atomic E-state index is 5.34. The van der Waals surface area contributed by atoms with Crippen molar-refractivity contribution in [1.82, 2.24) is 19.7 Å². The summed E-state index contributed by atoms with van der Waals surface area (Å²) in [6, 6.07) is 4.14. The predicted molar refractivity (Wildman–Crippen MR) is 74.8 cm³/mol. The average molecular weight is 262 g/mol. The van der Waals surface area contributed by atoms with E-state index in [0.717, 1.165) is 11.4 Å². The summed E-state index contributed by atoms with van der Waals surface area (Å²) in [5, 5.41) is 7.20. The summed E-state index contributed by atoms with van der Waals surface area (Å²) in [6.07, 6.45) is 3.55. The van der Waals surface area contributed by atoms with Crippen molar-refractivity contribution in [2.24, 2.45) is 5.41 Å². The van der Waals surface area contributed by atoms with Crippen LogP contribution in [0.15, 0.2) is 24.5 Å². The molecule has 2 aromatic rings. The van der Waals surface area contributed by atoms with Crippen molar-refractivity contribution < 1.29 is 0 Å². The Morgan fingerprint density at radius 3 is 2.67 bits per heavy atom. The molecule has 18 heavy (non-hydrogen) atoms. The van der Waals surface area contributed by atoms with Crippen LogP contribution in [0.4, 0.5) is 0 Å².